The van der Waals surface area contributed by atoms with Crippen LogP contribution in [0.15, 0.2) is 0 Å². The molecule has 1 N–H and O–H groups in total. The highest BCUT2D eigenvalue weighted by atomic mass is 16.5. The third-order valence-corrected chi connectivity index (χ3v) is 5.10. The van der Waals surface area contributed by atoms with E-state index in [9.17, 15) is 0 Å². The maximum Gasteiger partial charge on any atom is 0.0687 e. The topological polar surface area (TPSA) is 21.3 Å². The molecule has 3 rings (SSSR count). The second-order valence-electron chi connectivity index (χ2n) is 6.47. The summed E-state index contributed by atoms with van der Waals surface area (Å²) in [6, 6.07) is 0. The first kappa shape index (κ1) is 12.0. The van der Waals surface area contributed by atoms with Crippen molar-refractivity contribution in [2.75, 3.05) is 13.1 Å². The number of nitrogens with one attached hydrogen (secondary N) is 1. The van der Waals surface area contributed by atoms with Crippen LogP contribution in [-0.2, 0) is 4.74 Å². The second kappa shape index (κ2) is 5.27. The van der Waals surface area contributed by atoms with Gasteiger partial charge in [-0.25, -0.2) is 0 Å². The fourth-order valence-electron chi connectivity index (χ4n) is 4.12. The molecule has 3 fully saturated rings. The van der Waals surface area contributed by atoms with E-state index >= 15 is 0 Å². The van der Waals surface area contributed by atoms with E-state index in [0.717, 1.165) is 5.92 Å². The molecule has 2 aliphatic heterocycles. The molecule has 2 heterocycles. The minimum absolute atomic E-state index is 0.324. The minimum Gasteiger partial charge on any atom is -0.372 e. The van der Waals surface area contributed by atoms with Crippen LogP contribution in [-0.4, -0.2) is 24.8 Å². The average Bonchev–Trinajstić information content (AvgIpc) is 2.74. The van der Waals surface area contributed by atoms with E-state index in [1.54, 1.807) is 0 Å². The summed E-state index contributed by atoms with van der Waals surface area (Å²) in [5.41, 5.74) is 0.324. The van der Waals surface area contributed by atoms with Crippen LogP contribution in [0.4, 0.5) is 0 Å². The smallest absolute Gasteiger partial charge is 0.0687 e. The SMILES string of the molecule is C1CCC2(CC1)CCC(CC1CCCNC1)O2. The average molecular weight is 237 g/mol. The van der Waals surface area contributed by atoms with Gasteiger partial charge in [-0.15, -0.1) is 0 Å². The summed E-state index contributed by atoms with van der Waals surface area (Å²) in [4.78, 5) is 0. The van der Waals surface area contributed by atoms with Gasteiger partial charge in [-0.1, -0.05) is 19.3 Å². The fourth-order valence-corrected chi connectivity index (χ4v) is 4.12. The molecule has 1 saturated carbocycles. The molecule has 0 amide bonds. The molecule has 0 bridgehead atoms. The van der Waals surface area contributed by atoms with Crippen LogP contribution in [0.25, 0.3) is 0 Å². The molecule has 0 radical (unpaired) electrons. The first-order valence-electron chi connectivity index (χ1n) is 7.75. The number of hydrogen-bond acceptors (Lipinski definition) is 2. The Bertz CT molecular complexity index is 241. The Balaban J connectivity index is 1.49. The third kappa shape index (κ3) is 2.85. The molecular formula is C15H27NO. The van der Waals surface area contributed by atoms with Gasteiger partial charge in [0.05, 0.1) is 11.7 Å². The van der Waals surface area contributed by atoms with Gasteiger partial charge in [0.1, 0.15) is 0 Å². The maximum atomic E-state index is 6.46. The molecule has 0 aromatic rings. The van der Waals surface area contributed by atoms with Crippen LogP contribution < -0.4 is 5.32 Å². The Hall–Kier alpha value is -0.0800. The third-order valence-electron chi connectivity index (χ3n) is 5.10. The zero-order valence-electron chi connectivity index (χ0n) is 11.0. The van der Waals surface area contributed by atoms with Crippen LogP contribution >= 0.6 is 0 Å². The van der Waals surface area contributed by atoms with Gasteiger partial charge in [0, 0.05) is 0 Å². The summed E-state index contributed by atoms with van der Waals surface area (Å²) in [6.45, 7) is 2.46. The predicted molar refractivity (Wildman–Crippen MR) is 70.1 cm³/mol. The number of hydrogen-bond donors (Lipinski definition) is 1. The van der Waals surface area contributed by atoms with Gasteiger partial charge in [0.15, 0.2) is 0 Å². The van der Waals surface area contributed by atoms with Crippen molar-refractivity contribution in [3.05, 3.63) is 0 Å². The highest BCUT2D eigenvalue weighted by Gasteiger charge is 2.41. The Morgan fingerprint density at radius 2 is 1.88 bits per heavy atom. The number of piperidine rings is 1. The van der Waals surface area contributed by atoms with Crippen LogP contribution in [0.3, 0.4) is 0 Å². The minimum atomic E-state index is 0.324. The van der Waals surface area contributed by atoms with Gasteiger partial charge in [-0.3, -0.25) is 0 Å². The quantitative estimate of drug-likeness (QED) is 0.796. The molecule has 98 valence electrons. The van der Waals surface area contributed by atoms with Crippen LogP contribution in [0, 0.1) is 5.92 Å². The van der Waals surface area contributed by atoms with Gasteiger partial charge in [-0.2, -0.15) is 0 Å². The van der Waals surface area contributed by atoms with E-state index in [1.165, 1.54) is 77.3 Å². The molecule has 1 spiro atoms. The fraction of sp³-hybridized carbons (Fsp3) is 1.00. The van der Waals surface area contributed by atoms with Crippen LogP contribution in [0.1, 0.15) is 64.2 Å². The van der Waals surface area contributed by atoms with E-state index in [1.807, 2.05) is 0 Å². The van der Waals surface area contributed by atoms with Crippen molar-refractivity contribution >= 4 is 0 Å². The summed E-state index contributed by atoms with van der Waals surface area (Å²) in [6.07, 6.45) is 14.3. The normalized spacial score (nSPS) is 37.4. The highest BCUT2D eigenvalue weighted by Crippen LogP contribution is 2.43. The molecule has 0 aromatic carbocycles. The first-order valence-corrected chi connectivity index (χ1v) is 7.75. The zero-order valence-corrected chi connectivity index (χ0v) is 11.0. The zero-order chi connectivity index (χ0) is 11.6. The van der Waals surface area contributed by atoms with Crippen molar-refractivity contribution in [2.45, 2.75) is 75.9 Å². The van der Waals surface area contributed by atoms with E-state index in [-0.39, 0.29) is 0 Å². The maximum absolute atomic E-state index is 6.46. The van der Waals surface area contributed by atoms with Gasteiger partial charge in [0.2, 0.25) is 0 Å². The predicted octanol–water partition coefficient (Wildman–Crippen LogP) is 3.26. The van der Waals surface area contributed by atoms with Crippen LogP contribution in [0.5, 0.6) is 0 Å². The van der Waals surface area contributed by atoms with Crippen molar-refractivity contribution < 1.29 is 4.74 Å². The lowest BCUT2D eigenvalue weighted by molar-refractivity contribution is -0.0704. The Labute approximate surface area is 105 Å². The number of ether oxygens (including phenoxy) is 1. The molecule has 17 heavy (non-hydrogen) atoms. The summed E-state index contributed by atoms with van der Waals surface area (Å²) < 4.78 is 6.46. The monoisotopic (exact) mass is 237 g/mol. The van der Waals surface area contributed by atoms with Gasteiger partial charge < -0.3 is 10.1 Å². The van der Waals surface area contributed by atoms with Crippen molar-refractivity contribution in [3.8, 4) is 0 Å². The lowest BCUT2D eigenvalue weighted by Gasteiger charge is -2.34. The summed E-state index contributed by atoms with van der Waals surface area (Å²) in [5.74, 6) is 0.882. The van der Waals surface area contributed by atoms with E-state index in [2.05, 4.69) is 5.32 Å². The highest BCUT2D eigenvalue weighted by molar-refractivity contribution is 4.92. The van der Waals surface area contributed by atoms with E-state index < -0.39 is 0 Å². The molecular weight excluding hydrogens is 210 g/mol. The lowest BCUT2D eigenvalue weighted by atomic mass is 9.83. The molecule has 3 aliphatic rings. The second-order valence-corrected chi connectivity index (χ2v) is 6.47. The lowest BCUT2D eigenvalue weighted by Crippen LogP contribution is -2.34. The summed E-state index contributed by atoms with van der Waals surface area (Å²) in [7, 11) is 0. The standard InChI is InChI=1S/C15H27NO/c1-2-7-15(8-3-1)9-6-14(17-15)11-13-5-4-10-16-12-13/h13-14,16H,1-12H2. The van der Waals surface area contributed by atoms with Crippen molar-refractivity contribution in [2.24, 2.45) is 5.92 Å². The van der Waals surface area contributed by atoms with Crippen molar-refractivity contribution in [3.63, 3.8) is 0 Å². The number of rotatable bonds is 2. The Kier molecular flexibility index (Phi) is 3.72. The molecule has 2 nitrogen and oxygen atoms in total. The largest absolute Gasteiger partial charge is 0.372 e. The van der Waals surface area contributed by atoms with Crippen molar-refractivity contribution in [1.29, 1.82) is 0 Å². The molecule has 2 heteroatoms. The van der Waals surface area contributed by atoms with E-state index in [4.69, 9.17) is 4.74 Å². The summed E-state index contributed by atoms with van der Waals surface area (Å²) in [5, 5.41) is 3.52. The van der Waals surface area contributed by atoms with E-state index in [0.29, 0.717) is 11.7 Å². The molecule has 2 unspecified atom stereocenters. The Morgan fingerprint density at radius 1 is 1.00 bits per heavy atom. The molecule has 1 aliphatic carbocycles. The Morgan fingerprint density at radius 3 is 2.65 bits per heavy atom. The molecule has 2 saturated heterocycles. The first-order chi connectivity index (χ1) is 8.36. The molecule has 0 aromatic heterocycles. The summed E-state index contributed by atoms with van der Waals surface area (Å²) >= 11 is 0. The van der Waals surface area contributed by atoms with Crippen molar-refractivity contribution in [1.82, 2.24) is 5.32 Å². The van der Waals surface area contributed by atoms with Gasteiger partial charge in [0.25, 0.3) is 0 Å². The van der Waals surface area contributed by atoms with Crippen LogP contribution in [0.2, 0.25) is 0 Å². The van der Waals surface area contributed by atoms with Gasteiger partial charge >= 0.3 is 0 Å². The molecule has 2 atom stereocenters. The van der Waals surface area contributed by atoms with Gasteiger partial charge in [-0.05, 0) is 64.0 Å².